The molecule has 0 amide bonds. The summed E-state index contributed by atoms with van der Waals surface area (Å²) in [6.45, 7) is 8.30. The SMILES string of the molecule is CC1(C)OB(c2ccc3c4ccccc4n(-c4ncc5ccccc5n4)c3c2)OC1(C)C.Clc1nc2ccccc2nc1-n1c2ccccc2c2c3ccccc3c3c4ccc5ccccc5c4sc3c21.c1ccc2nc(-n3c4ccccc4c4ccc(-c5nc6ccccc6nc5-n5c6ccccc6c6c7ccccc7c7c8ccc9ccccc9c8sc7c65)cc43)ncc2c1. The van der Waals surface area contributed by atoms with Crippen LogP contribution >= 0.6 is 34.3 Å². The van der Waals surface area contributed by atoms with E-state index in [0.29, 0.717) is 22.9 Å². The molecule has 1 fully saturated rings. The first-order valence-corrected chi connectivity index (χ1v) is 46.3. The van der Waals surface area contributed by atoms with Crippen molar-refractivity contribution in [3.05, 3.63) is 369 Å². The molecule has 10 aromatic heterocycles. The van der Waals surface area contributed by atoms with Crippen molar-refractivity contribution < 1.29 is 9.31 Å². The van der Waals surface area contributed by atoms with Crippen molar-refractivity contribution in [2.45, 2.75) is 38.9 Å². The summed E-state index contributed by atoms with van der Waals surface area (Å²) in [6, 6.07) is 124. The molecule has 0 saturated carbocycles. The number of thiophene rings is 2. The van der Waals surface area contributed by atoms with Crippen LogP contribution in [0.25, 0.3) is 249 Å². The number of hydrogen-bond donors (Lipinski definition) is 0. The lowest BCUT2D eigenvalue weighted by atomic mass is 9.79. The highest BCUT2D eigenvalue weighted by Crippen LogP contribution is 2.53. The maximum absolute atomic E-state index is 6.93. The van der Waals surface area contributed by atoms with E-state index in [1.807, 2.05) is 120 Å². The Hall–Kier alpha value is -15.7. The summed E-state index contributed by atoms with van der Waals surface area (Å²) in [4.78, 5) is 40.6. The lowest BCUT2D eigenvalue weighted by Gasteiger charge is -2.32. The van der Waals surface area contributed by atoms with Gasteiger partial charge in [0.2, 0.25) is 11.9 Å². The summed E-state index contributed by atoms with van der Waals surface area (Å²) in [6.07, 6.45) is 3.80. The lowest BCUT2D eigenvalue weighted by molar-refractivity contribution is 0.00578. The molecule has 14 nitrogen and oxygen atoms in total. The first-order chi connectivity index (χ1) is 64.9. The number of benzene rings is 18. The molecule has 1 aliphatic rings. The minimum Gasteiger partial charge on any atom is -0.399 e. The standard InChI is InChI=1S/C54H30N6S.C34H18ClN3S.C26H24BN3O2/c1-3-15-34-31(13-1)25-28-40-48-38-18-5-4-17-37(38)47-39-19-7-12-24-45(39)60(50(47)52(48)61-51(34)40)53-49(56-42-21-9-10-22-43(42)57-53)32-26-27-36-35-16-6-11-23-44(35)59(46(36)29-32)54-55-30-33-14-2-8-20-41(33)58-54;35-33-34(37-26-15-7-6-14-25(26)36-33)38-27-16-8-5-13-23(27)28-21-11-3-4-12-22(21)29-24-18-17-19-9-1-2-10-20(19)31(24)39-32(29)30(28)38;1-25(2)26(3,4)32-27(31-25)18-13-14-20-19-10-6-8-12-22(19)30(23(20)15-18)24-28-16-17-9-5-7-11-21(17)29-24/h1-30H;1-18H;5-16H,1-4H3. The smallest absolute Gasteiger partial charge is 0.399 e. The van der Waals surface area contributed by atoms with Crippen molar-refractivity contribution in [2.75, 3.05) is 0 Å². The second kappa shape index (κ2) is 29.1. The van der Waals surface area contributed by atoms with E-state index >= 15 is 0 Å². The van der Waals surface area contributed by atoms with Crippen molar-refractivity contribution in [1.82, 2.24) is 58.1 Å². The van der Waals surface area contributed by atoms with Gasteiger partial charge in [0.15, 0.2) is 16.8 Å². The van der Waals surface area contributed by atoms with Crippen molar-refractivity contribution in [3.8, 4) is 34.8 Å². The van der Waals surface area contributed by atoms with E-state index in [4.69, 9.17) is 60.8 Å². The lowest BCUT2D eigenvalue weighted by Crippen LogP contribution is -2.41. The molecule has 11 heterocycles. The molecule has 0 bridgehead atoms. The molecule has 1 aliphatic heterocycles. The topological polar surface area (TPSA) is 141 Å². The van der Waals surface area contributed by atoms with Crippen molar-refractivity contribution in [2.24, 2.45) is 0 Å². The van der Waals surface area contributed by atoms with Gasteiger partial charge in [-0.25, -0.2) is 39.9 Å². The number of fused-ring (bicyclic) bond motifs is 34. The van der Waals surface area contributed by atoms with E-state index < -0.39 is 7.12 Å². The molecule has 0 N–H and O–H groups in total. The number of para-hydroxylation sites is 10. The van der Waals surface area contributed by atoms with Gasteiger partial charge in [0.25, 0.3) is 0 Å². The molecule has 622 valence electrons. The van der Waals surface area contributed by atoms with E-state index in [1.54, 1.807) is 0 Å². The third-order valence-corrected chi connectivity index (χ3v) is 30.0. The minimum atomic E-state index is -0.423. The van der Waals surface area contributed by atoms with Gasteiger partial charge in [0.05, 0.1) is 97.8 Å². The van der Waals surface area contributed by atoms with Crippen molar-refractivity contribution in [3.63, 3.8) is 0 Å². The molecule has 29 rings (SSSR count). The number of rotatable bonds is 6. The van der Waals surface area contributed by atoms with Crippen LogP contribution in [-0.2, 0) is 9.31 Å². The van der Waals surface area contributed by atoms with Crippen LogP contribution in [0.2, 0.25) is 5.15 Å². The average Bonchev–Trinajstić information content (AvgIpc) is 1.53. The maximum Gasteiger partial charge on any atom is 0.494 e. The first-order valence-electron chi connectivity index (χ1n) is 44.3. The Balaban J connectivity index is 0.000000108. The number of halogens is 1. The fourth-order valence-electron chi connectivity index (χ4n) is 20.5. The van der Waals surface area contributed by atoms with Gasteiger partial charge in [-0.2, -0.15) is 0 Å². The summed E-state index contributed by atoms with van der Waals surface area (Å²) in [5.41, 5.74) is 15.7. The Labute approximate surface area is 766 Å². The van der Waals surface area contributed by atoms with Crippen LogP contribution in [-0.4, -0.2) is 76.5 Å². The third-order valence-electron chi connectivity index (χ3n) is 27.3. The fraction of sp³-hybridized carbons (Fsp3) is 0.0526. The zero-order valence-electron chi connectivity index (χ0n) is 71.6. The van der Waals surface area contributed by atoms with Gasteiger partial charge in [-0.3, -0.25) is 18.3 Å². The monoisotopic (exact) mass is 1750 g/mol. The predicted molar refractivity (Wildman–Crippen MR) is 551 cm³/mol. The molecule has 0 atom stereocenters. The number of hydrogen-bond acceptors (Lipinski definition) is 12. The molecule has 28 aromatic rings. The minimum absolute atomic E-state index is 0.388. The molecule has 18 aromatic carbocycles. The summed E-state index contributed by atoms with van der Waals surface area (Å²) in [5.74, 6) is 2.72. The Kier molecular flexibility index (Phi) is 16.9. The summed E-state index contributed by atoms with van der Waals surface area (Å²) in [7, 11) is -0.423. The van der Waals surface area contributed by atoms with E-state index in [1.165, 1.54) is 110 Å². The Bertz CT molecular complexity index is 9840. The zero-order valence-corrected chi connectivity index (χ0v) is 74.0. The molecule has 18 heteroatoms. The first kappa shape index (κ1) is 76.3. The van der Waals surface area contributed by atoms with Gasteiger partial charge in [0, 0.05) is 103 Å². The summed E-state index contributed by atoms with van der Waals surface area (Å²) in [5, 5.41) is 26.9. The Morgan fingerprint density at radius 3 is 1.11 bits per heavy atom. The summed E-state index contributed by atoms with van der Waals surface area (Å²) >= 11 is 10.7. The van der Waals surface area contributed by atoms with E-state index in [0.717, 1.165) is 127 Å². The normalized spacial score (nSPS) is 13.5. The van der Waals surface area contributed by atoms with Crippen molar-refractivity contribution >= 4 is 261 Å². The highest BCUT2D eigenvalue weighted by molar-refractivity contribution is 7.28. The van der Waals surface area contributed by atoms with E-state index in [9.17, 15) is 0 Å². The average molecular weight is 1750 g/mol. The van der Waals surface area contributed by atoms with Gasteiger partial charge >= 0.3 is 7.12 Å². The number of aromatic nitrogens is 12. The van der Waals surface area contributed by atoms with Gasteiger partial charge in [0.1, 0.15) is 5.69 Å². The van der Waals surface area contributed by atoms with Crippen LogP contribution in [0.3, 0.4) is 0 Å². The van der Waals surface area contributed by atoms with Gasteiger partial charge in [-0.1, -0.05) is 291 Å². The van der Waals surface area contributed by atoms with Gasteiger partial charge in [-0.05, 0) is 149 Å². The third kappa shape index (κ3) is 11.5. The van der Waals surface area contributed by atoms with Crippen LogP contribution < -0.4 is 5.46 Å². The van der Waals surface area contributed by atoms with Crippen molar-refractivity contribution in [1.29, 1.82) is 0 Å². The molecule has 0 radical (unpaired) electrons. The number of nitrogens with zero attached hydrogens (tertiary/aromatic N) is 12. The van der Waals surface area contributed by atoms with E-state index in [-0.39, 0.29) is 11.2 Å². The second-order valence-electron chi connectivity index (χ2n) is 35.2. The van der Waals surface area contributed by atoms with Crippen LogP contribution in [0.4, 0.5) is 0 Å². The second-order valence-corrected chi connectivity index (χ2v) is 37.6. The molecular weight excluding hydrogens is 1680 g/mol. The van der Waals surface area contributed by atoms with Gasteiger partial charge < -0.3 is 9.31 Å². The highest BCUT2D eigenvalue weighted by Gasteiger charge is 2.52. The van der Waals surface area contributed by atoms with Gasteiger partial charge in [-0.15, -0.1) is 22.7 Å². The molecule has 0 aliphatic carbocycles. The highest BCUT2D eigenvalue weighted by atomic mass is 35.5. The molecule has 1 saturated heterocycles. The largest absolute Gasteiger partial charge is 0.494 e. The van der Waals surface area contributed by atoms with Crippen LogP contribution in [0.15, 0.2) is 364 Å². The predicted octanol–water partition coefficient (Wildman–Crippen LogP) is 29.2. The quantitative estimate of drug-likeness (QED) is 0.148. The Morgan fingerprint density at radius 1 is 0.273 bits per heavy atom. The molecule has 132 heavy (non-hydrogen) atoms. The van der Waals surface area contributed by atoms with Crippen LogP contribution in [0.5, 0.6) is 0 Å². The molecule has 0 spiro atoms. The van der Waals surface area contributed by atoms with Crippen LogP contribution in [0, 0.1) is 0 Å². The molecule has 0 unspecified atom stereocenters. The van der Waals surface area contributed by atoms with E-state index in [2.05, 4.69) is 313 Å². The zero-order chi connectivity index (χ0) is 87.5. The molecular formula is C114H72BClN12O2S2. The van der Waals surface area contributed by atoms with Crippen LogP contribution in [0.1, 0.15) is 27.7 Å². The Morgan fingerprint density at radius 2 is 0.621 bits per heavy atom. The summed E-state index contributed by atoms with van der Waals surface area (Å²) < 4.78 is 26.6. The fourth-order valence-corrected chi connectivity index (χ4v) is 23.5. The maximum atomic E-state index is 6.93.